The van der Waals surface area contributed by atoms with Crippen molar-refractivity contribution >= 4 is 11.8 Å². The lowest BCUT2D eigenvalue weighted by atomic mass is 9.99. The summed E-state index contributed by atoms with van der Waals surface area (Å²) in [6, 6.07) is 16.1. The van der Waals surface area contributed by atoms with Gasteiger partial charge < -0.3 is 20.1 Å². The fraction of sp³-hybridized carbons (Fsp3) is 0.462. The minimum Gasteiger partial charge on any atom is -0.493 e. The van der Waals surface area contributed by atoms with Crippen molar-refractivity contribution in [3.05, 3.63) is 65.7 Å². The molecule has 3 atom stereocenters. The van der Waals surface area contributed by atoms with Crippen LogP contribution >= 0.6 is 0 Å². The minimum absolute atomic E-state index is 0.211. The Morgan fingerprint density at radius 2 is 1.62 bits per heavy atom. The highest BCUT2D eigenvalue weighted by molar-refractivity contribution is 5.91. The number of benzene rings is 2. The summed E-state index contributed by atoms with van der Waals surface area (Å²) in [4.78, 5) is 25.8. The zero-order valence-corrected chi connectivity index (χ0v) is 19.6. The van der Waals surface area contributed by atoms with Crippen LogP contribution < -0.4 is 15.4 Å². The summed E-state index contributed by atoms with van der Waals surface area (Å²) in [5, 5.41) is 5.74. The standard InChI is InChI=1S/C26H36N2O4/c1-5-9-19(2)18-32-23-14-12-22(13-15-23)24(26(30)27-16-17-31-4)28-25(29)20(3)21-10-7-6-8-11-21/h6-8,10-15,19-20,24H,5,9,16-18H2,1-4H3,(H,27,30)(H,28,29)/t19?,20-,24+/m0/s1. The predicted octanol–water partition coefficient (Wildman–Crippen LogP) is 4.23. The average molecular weight is 441 g/mol. The molecule has 2 amide bonds. The van der Waals surface area contributed by atoms with E-state index in [4.69, 9.17) is 9.47 Å². The van der Waals surface area contributed by atoms with E-state index in [1.165, 1.54) is 0 Å². The minimum atomic E-state index is -0.807. The molecule has 0 aliphatic rings. The number of hydrogen-bond acceptors (Lipinski definition) is 4. The first-order valence-electron chi connectivity index (χ1n) is 11.3. The molecule has 0 saturated heterocycles. The van der Waals surface area contributed by atoms with E-state index in [-0.39, 0.29) is 17.7 Å². The number of carbonyl (C=O) groups excluding carboxylic acids is 2. The van der Waals surface area contributed by atoms with Gasteiger partial charge in [-0.3, -0.25) is 9.59 Å². The molecule has 0 bridgehead atoms. The molecule has 2 aromatic rings. The highest BCUT2D eigenvalue weighted by Crippen LogP contribution is 2.22. The summed E-state index contributed by atoms with van der Waals surface area (Å²) in [7, 11) is 1.58. The van der Waals surface area contributed by atoms with Crippen LogP contribution in [0, 0.1) is 5.92 Å². The highest BCUT2D eigenvalue weighted by atomic mass is 16.5. The maximum absolute atomic E-state index is 12.9. The Hall–Kier alpha value is -2.86. The quantitative estimate of drug-likeness (QED) is 0.457. The van der Waals surface area contributed by atoms with Crippen molar-refractivity contribution in [3.8, 4) is 5.75 Å². The van der Waals surface area contributed by atoms with Crippen LogP contribution in [-0.2, 0) is 14.3 Å². The Labute approximate surface area is 191 Å². The normalized spacial score (nSPS) is 13.6. The third-order valence-electron chi connectivity index (χ3n) is 5.38. The van der Waals surface area contributed by atoms with Crippen molar-refractivity contribution in [1.82, 2.24) is 10.6 Å². The predicted molar refractivity (Wildman–Crippen MR) is 127 cm³/mol. The monoisotopic (exact) mass is 440 g/mol. The summed E-state index contributed by atoms with van der Waals surface area (Å²) in [6.07, 6.45) is 2.25. The number of rotatable bonds is 13. The van der Waals surface area contributed by atoms with Crippen LogP contribution in [0.5, 0.6) is 5.75 Å². The van der Waals surface area contributed by atoms with Gasteiger partial charge >= 0.3 is 0 Å². The summed E-state index contributed by atoms with van der Waals surface area (Å²) in [5.41, 5.74) is 1.59. The molecular weight excluding hydrogens is 404 g/mol. The summed E-state index contributed by atoms with van der Waals surface area (Å²) < 4.78 is 10.9. The van der Waals surface area contributed by atoms with Crippen LogP contribution in [0.3, 0.4) is 0 Å². The molecule has 32 heavy (non-hydrogen) atoms. The van der Waals surface area contributed by atoms with Gasteiger partial charge in [0.1, 0.15) is 11.8 Å². The maximum atomic E-state index is 12.9. The molecule has 1 unspecified atom stereocenters. The topological polar surface area (TPSA) is 76.7 Å². The summed E-state index contributed by atoms with van der Waals surface area (Å²) in [6.45, 7) is 7.58. The van der Waals surface area contributed by atoms with Crippen LogP contribution in [0.2, 0.25) is 0 Å². The molecule has 0 saturated carbocycles. The van der Waals surface area contributed by atoms with Gasteiger partial charge in [-0.05, 0) is 42.5 Å². The Balaban J connectivity index is 2.12. The molecule has 6 nitrogen and oxygen atoms in total. The smallest absolute Gasteiger partial charge is 0.247 e. The van der Waals surface area contributed by atoms with E-state index in [1.54, 1.807) is 7.11 Å². The first-order valence-corrected chi connectivity index (χ1v) is 11.3. The lowest BCUT2D eigenvalue weighted by Crippen LogP contribution is -2.42. The van der Waals surface area contributed by atoms with Crippen LogP contribution in [0.1, 0.15) is 56.7 Å². The molecule has 174 valence electrons. The van der Waals surface area contributed by atoms with Gasteiger partial charge in [0.25, 0.3) is 0 Å². The molecule has 0 fully saturated rings. The van der Waals surface area contributed by atoms with E-state index < -0.39 is 6.04 Å². The molecule has 0 aliphatic heterocycles. The van der Waals surface area contributed by atoms with Gasteiger partial charge in [-0.1, -0.05) is 62.7 Å². The first kappa shape index (κ1) is 25.4. The van der Waals surface area contributed by atoms with Crippen LogP contribution in [0.15, 0.2) is 54.6 Å². The zero-order chi connectivity index (χ0) is 23.3. The number of nitrogens with one attached hydrogen (secondary N) is 2. The van der Waals surface area contributed by atoms with Gasteiger partial charge in [0.15, 0.2) is 0 Å². The van der Waals surface area contributed by atoms with Gasteiger partial charge in [-0.15, -0.1) is 0 Å². The Bertz CT molecular complexity index is 823. The molecule has 6 heteroatoms. The number of amides is 2. The van der Waals surface area contributed by atoms with Crippen molar-refractivity contribution in [2.45, 2.75) is 45.6 Å². The molecule has 2 rings (SSSR count). The van der Waals surface area contributed by atoms with Crippen molar-refractivity contribution in [2.75, 3.05) is 26.9 Å². The van der Waals surface area contributed by atoms with Gasteiger partial charge in [-0.25, -0.2) is 0 Å². The molecule has 0 radical (unpaired) electrons. The molecule has 0 aromatic heterocycles. The lowest BCUT2D eigenvalue weighted by molar-refractivity contribution is -0.129. The van der Waals surface area contributed by atoms with E-state index in [0.717, 1.165) is 24.2 Å². The number of ether oxygens (including phenoxy) is 2. The third kappa shape index (κ3) is 8.00. The van der Waals surface area contributed by atoms with Crippen molar-refractivity contribution in [2.24, 2.45) is 5.92 Å². The van der Waals surface area contributed by atoms with Gasteiger partial charge in [0.05, 0.1) is 19.1 Å². The summed E-state index contributed by atoms with van der Waals surface area (Å²) in [5.74, 6) is 0.364. The third-order valence-corrected chi connectivity index (χ3v) is 5.38. The number of hydrogen-bond donors (Lipinski definition) is 2. The molecule has 0 spiro atoms. The van der Waals surface area contributed by atoms with E-state index in [1.807, 2.05) is 61.5 Å². The number of methoxy groups -OCH3 is 1. The molecule has 2 N–H and O–H groups in total. The van der Waals surface area contributed by atoms with E-state index in [2.05, 4.69) is 24.5 Å². The zero-order valence-electron chi connectivity index (χ0n) is 19.6. The SMILES string of the molecule is CCCC(C)COc1ccc([C@@H](NC(=O)[C@@H](C)c2ccccc2)C(=O)NCCOC)cc1. The maximum Gasteiger partial charge on any atom is 0.247 e. The fourth-order valence-electron chi connectivity index (χ4n) is 3.41. The van der Waals surface area contributed by atoms with Crippen molar-refractivity contribution < 1.29 is 19.1 Å². The lowest BCUT2D eigenvalue weighted by Gasteiger charge is -2.22. The highest BCUT2D eigenvalue weighted by Gasteiger charge is 2.25. The Morgan fingerprint density at radius 1 is 0.938 bits per heavy atom. The summed E-state index contributed by atoms with van der Waals surface area (Å²) >= 11 is 0. The second-order valence-corrected chi connectivity index (χ2v) is 8.13. The molecule has 0 aliphatic carbocycles. The van der Waals surface area contributed by atoms with Crippen LogP contribution in [0.25, 0.3) is 0 Å². The Morgan fingerprint density at radius 3 is 2.25 bits per heavy atom. The van der Waals surface area contributed by atoms with Gasteiger partial charge in [0.2, 0.25) is 11.8 Å². The van der Waals surface area contributed by atoms with Gasteiger partial charge in [0, 0.05) is 13.7 Å². The number of carbonyl (C=O) groups is 2. The van der Waals surface area contributed by atoms with Crippen molar-refractivity contribution in [1.29, 1.82) is 0 Å². The molecular formula is C26H36N2O4. The molecule has 2 aromatic carbocycles. The van der Waals surface area contributed by atoms with E-state index in [0.29, 0.717) is 31.2 Å². The first-order chi connectivity index (χ1) is 15.5. The second kappa shape index (κ2) is 13.5. The van der Waals surface area contributed by atoms with E-state index in [9.17, 15) is 9.59 Å². The van der Waals surface area contributed by atoms with Gasteiger partial charge in [-0.2, -0.15) is 0 Å². The Kier molecular flexibility index (Phi) is 10.7. The van der Waals surface area contributed by atoms with E-state index >= 15 is 0 Å². The van der Waals surface area contributed by atoms with Crippen LogP contribution in [-0.4, -0.2) is 38.7 Å². The fourth-order valence-corrected chi connectivity index (χ4v) is 3.41. The largest absolute Gasteiger partial charge is 0.493 e. The van der Waals surface area contributed by atoms with Crippen LogP contribution in [0.4, 0.5) is 0 Å². The average Bonchev–Trinajstić information content (AvgIpc) is 2.82. The van der Waals surface area contributed by atoms with Crippen molar-refractivity contribution in [3.63, 3.8) is 0 Å². The second-order valence-electron chi connectivity index (χ2n) is 8.13. The molecule has 0 heterocycles.